The van der Waals surface area contributed by atoms with Crippen LogP contribution in [0, 0.1) is 11.8 Å². The molecule has 1 aromatic heterocycles. The van der Waals surface area contributed by atoms with Crippen LogP contribution in [0.25, 0.3) is 0 Å². The fraction of sp³-hybridized carbons (Fsp3) is 0.316. The van der Waals surface area contributed by atoms with E-state index in [-0.39, 0.29) is 49.1 Å². The van der Waals surface area contributed by atoms with Crippen LogP contribution in [-0.4, -0.2) is 29.7 Å². The molecule has 0 unspecified atom stereocenters. The van der Waals surface area contributed by atoms with Gasteiger partial charge in [0, 0.05) is 17.3 Å². The van der Waals surface area contributed by atoms with Gasteiger partial charge in [-0.3, -0.25) is 9.59 Å². The molecule has 1 N–H and O–H groups in total. The van der Waals surface area contributed by atoms with E-state index < -0.39 is 29.3 Å². The molecule has 0 saturated heterocycles. The Kier molecular flexibility index (Phi) is 12.4. The number of hydrogen-bond donors (Lipinski definition) is 1. The van der Waals surface area contributed by atoms with Crippen LogP contribution in [0.4, 0.5) is 18.9 Å². The van der Waals surface area contributed by atoms with Crippen LogP contribution in [0.5, 0.6) is 0 Å². The van der Waals surface area contributed by atoms with Crippen molar-refractivity contribution in [3.63, 3.8) is 0 Å². The van der Waals surface area contributed by atoms with Gasteiger partial charge in [-0.15, -0.1) is 0 Å². The monoisotopic (exact) mass is 644 g/mol. The van der Waals surface area contributed by atoms with Gasteiger partial charge >= 0.3 is 12.1 Å². The quantitative estimate of drug-likeness (QED) is 0.0906. The zero-order chi connectivity index (χ0) is 33.8. The number of hydrogen-bond acceptors (Lipinski definition) is 4. The Hall–Kier alpha value is -4.81. The molecule has 47 heavy (non-hydrogen) atoms. The molecule has 1 amide bonds. The highest BCUT2D eigenvalue weighted by molar-refractivity contribution is 6.04. The number of aryl methyl sites for hydroxylation is 2. The first-order valence-corrected chi connectivity index (χ1v) is 15.6. The van der Waals surface area contributed by atoms with E-state index in [1.807, 2.05) is 73.0 Å². The molecular weight excluding hydrogens is 605 g/mol. The fourth-order valence-corrected chi connectivity index (χ4v) is 5.33. The molecule has 246 valence electrons. The van der Waals surface area contributed by atoms with Crippen LogP contribution in [-0.2, 0) is 46.3 Å². The summed E-state index contributed by atoms with van der Waals surface area (Å²) in [7, 11) is 0. The predicted molar refractivity (Wildman–Crippen MR) is 176 cm³/mol. The summed E-state index contributed by atoms with van der Waals surface area (Å²) in [5, 5.41) is 2.49. The molecule has 0 aliphatic carbocycles. The van der Waals surface area contributed by atoms with E-state index in [9.17, 15) is 22.8 Å². The Bertz CT molecular complexity index is 1700. The van der Waals surface area contributed by atoms with E-state index in [4.69, 9.17) is 9.47 Å². The van der Waals surface area contributed by atoms with Gasteiger partial charge in [0.05, 0.1) is 30.9 Å². The number of benzene rings is 3. The van der Waals surface area contributed by atoms with Crippen molar-refractivity contribution in [3.8, 4) is 11.8 Å². The van der Waals surface area contributed by atoms with Gasteiger partial charge in [-0.2, -0.15) is 13.2 Å². The maximum atomic E-state index is 14.4. The first-order valence-electron chi connectivity index (χ1n) is 15.6. The summed E-state index contributed by atoms with van der Waals surface area (Å²) in [4.78, 5) is 26.0. The van der Waals surface area contributed by atoms with Crippen molar-refractivity contribution in [2.45, 2.75) is 65.3 Å². The molecule has 0 bridgehead atoms. The van der Waals surface area contributed by atoms with Gasteiger partial charge in [-0.05, 0) is 81.0 Å². The first kappa shape index (κ1) is 35.1. The summed E-state index contributed by atoms with van der Waals surface area (Å²) in [5.74, 6) is 4.17. The topological polar surface area (TPSA) is 69.6 Å². The normalized spacial score (nSPS) is 11.2. The molecule has 0 fully saturated rings. The lowest BCUT2D eigenvalue weighted by atomic mass is 9.99. The van der Waals surface area contributed by atoms with Crippen molar-refractivity contribution < 1.29 is 32.2 Å². The minimum Gasteiger partial charge on any atom is -0.466 e. The summed E-state index contributed by atoms with van der Waals surface area (Å²) in [5.41, 5.74) is 1.96. The van der Waals surface area contributed by atoms with Crippen LogP contribution in [0.1, 0.15) is 77.2 Å². The lowest BCUT2D eigenvalue weighted by molar-refractivity contribution is -0.142. The van der Waals surface area contributed by atoms with Crippen LogP contribution in [0.2, 0.25) is 0 Å². The lowest BCUT2D eigenvalue weighted by Gasteiger charge is -2.20. The van der Waals surface area contributed by atoms with Crippen LogP contribution >= 0.6 is 0 Å². The molecule has 0 saturated carbocycles. The lowest BCUT2D eigenvalue weighted by Crippen LogP contribution is -2.22. The molecule has 0 atom stereocenters. The summed E-state index contributed by atoms with van der Waals surface area (Å²) in [6, 6.07) is 24.9. The van der Waals surface area contributed by atoms with Crippen molar-refractivity contribution in [2.75, 3.05) is 18.5 Å². The van der Waals surface area contributed by atoms with Crippen molar-refractivity contribution in [3.05, 3.63) is 124 Å². The summed E-state index contributed by atoms with van der Waals surface area (Å²) < 4.78 is 55.7. The van der Waals surface area contributed by atoms with E-state index in [0.29, 0.717) is 6.42 Å². The third kappa shape index (κ3) is 10.1. The molecule has 0 spiro atoms. The highest BCUT2D eigenvalue weighted by Crippen LogP contribution is 2.37. The van der Waals surface area contributed by atoms with Crippen molar-refractivity contribution in [1.82, 2.24) is 4.57 Å². The maximum absolute atomic E-state index is 14.4. The Balaban J connectivity index is 1.59. The van der Waals surface area contributed by atoms with E-state index in [2.05, 4.69) is 29.3 Å². The average molecular weight is 645 g/mol. The first-order chi connectivity index (χ1) is 22.6. The Morgan fingerprint density at radius 3 is 2.23 bits per heavy atom. The standard InChI is InChI=1S/C38H39F3N2O4/c1-4-47-36(44)25-31-24-34(33(38(39,40)41)23-30(31)18-12-22-46-26-29-15-9-6-10-16-29)42-37(45)35-21-20-32(43(35)27(2)3)19-11-17-28-13-7-5-8-14-28/h5-10,13-16,20-21,23-24,27H,4,11,17,19,22,25-26H2,1-3H3,(H,42,45). The summed E-state index contributed by atoms with van der Waals surface area (Å²) in [6.07, 6.45) is -2.73. The van der Waals surface area contributed by atoms with Gasteiger partial charge in [0.25, 0.3) is 5.91 Å². The molecule has 3 aromatic carbocycles. The number of halogens is 3. The van der Waals surface area contributed by atoms with E-state index in [1.54, 1.807) is 13.0 Å². The fourth-order valence-electron chi connectivity index (χ4n) is 5.33. The number of aromatic nitrogens is 1. The molecule has 9 heteroatoms. The van der Waals surface area contributed by atoms with Crippen molar-refractivity contribution >= 4 is 17.6 Å². The van der Waals surface area contributed by atoms with E-state index in [1.165, 1.54) is 5.56 Å². The molecule has 0 aliphatic rings. The zero-order valence-electron chi connectivity index (χ0n) is 26.8. The molecule has 4 aromatic rings. The van der Waals surface area contributed by atoms with Crippen LogP contribution in [0.15, 0.2) is 84.9 Å². The second-order valence-electron chi connectivity index (χ2n) is 11.3. The van der Waals surface area contributed by atoms with Crippen molar-refractivity contribution in [2.24, 2.45) is 0 Å². The van der Waals surface area contributed by atoms with Gasteiger partial charge in [-0.1, -0.05) is 72.5 Å². The van der Waals surface area contributed by atoms with Gasteiger partial charge in [0.15, 0.2) is 0 Å². The Morgan fingerprint density at radius 1 is 0.915 bits per heavy atom. The number of nitrogens with zero attached hydrogens (tertiary/aromatic N) is 1. The van der Waals surface area contributed by atoms with Crippen molar-refractivity contribution in [1.29, 1.82) is 0 Å². The smallest absolute Gasteiger partial charge is 0.418 e. The number of nitrogens with one attached hydrogen (secondary N) is 1. The number of amides is 1. The number of ether oxygens (including phenoxy) is 2. The average Bonchev–Trinajstić information content (AvgIpc) is 3.47. The molecule has 0 radical (unpaired) electrons. The minimum atomic E-state index is -4.81. The van der Waals surface area contributed by atoms with Crippen LogP contribution in [0.3, 0.4) is 0 Å². The number of carbonyl (C=O) groups excluding carboxylic acids is 2. The number of carbonyl (C=O) groups is 2. The summed E-state index contributed by atoms with van der Waals surface area (Å²) >= 11 is 0. The molecule has 6 nitrogen and oxygen atoms in total. The van der Waals surface area contributed by atoms with Gasteiger partial charge < -0.3 is 19.4 Å². The van der Waals surface area contributed by atoms with Crippen LogP contribution < -0.4 is 5.32 Å². The number of rotatable bonds is 13. The third-order valence-electron chi connectivity index (χ3n) is 7.44. The maximum Gasteiger partial charge on any atom is 0.418 e. The molecule has 4 rings (SSSR count). The number of alkyl halides is 3. The van der Waals surface area contributed by atoms with Gasteiger partial charge in [-0.25, -0.2) is 0 Å². The predicted octanol–water partition coefficient (Wildman–Crippen LogP) is 8.19. The largest absolute Gasteiger partial charge is 0.466 e. The third-order valence-corrected chi connectivity index (χ3v) is 7.44. The number of esters is 1. The SMILES string of the molecule is CCOC(=O)Cc1cc(NC(=O)c2ccc(CCCc3ccccc3)n2C(C)C)c(C(F)(F)F)cc1C#CCOCc1ccccc1. The van der Waals surface area contributed by atoms with Gasteiger partial charge in [0.1, 0.15) is 12.3 Å². The minimum absolute atomic E-state index is 0.00190. The van der Waals surface area contributed by atoms with E-state index >= 15 is 0 Å². The Labute approximate surface area is 273 Å². The highest BCUT2D eigenvalue weighted by atomic mass is 19.4. The summed E-state index contributed by atoms with van der Waals surface area (Å²) in [6.45, 7) is 5.85. The molecular formula is C38H39F3N2O4. The highest BCUT2D eigenvalue weighted by Gasteiger charge is 2.35. The number of anilines is 1. The van der Waals surface area contributed by atoms with E-state index in [0.717, 1.165) is 36.2 Å². The Morgan fingerprint density at radius 2 is 1.60 bits per heavy atom. The zero-order valence-corrected chi connectivity index (χ0v) is 26.8. The molecule has 1 heterocycles. The second kappa shape index (κ2) is 16.7. The van der Waals surface area contributed by atoms with Gasteiger partial charge in [0.2, 0.25) is 0 Å². The second-order valence-corrected chi connectivity index (χ2v) is 11.3. The molecule has 0 aliphatic heterocycles.